The fraction of sp³-hybridized carbons (Fsp3) is 0.960. The number of rotatable bonds is 3. The Morgan fingerprint density at radius 1 is 1.00 bits per heavy atom. The van der Waals surface area contributed by atoms with E-state index in [4.69, 9.17) is 4.74 Å². The summed E-state index contributed by atoms with van der Waals surface area (Å²) in [4.78, 5) is 13.5. The van der Waals surface area contributed by atoms with E-state index in [2.05, 4.69) is 27.7 Å². The Balaban J connectivity index is 1.33. The van der Waals surface area contributed by atoms with Crippen molar-refractivity contribution in [3.63, 3.8) is 0 Å². The molecule has 0 aliphatic heterocycles. The highest BCUT2D eigenvalue weighted by molar-refractivity contribution is 5.74. The second kappa shape index (κ2) is 6.49. The number of ether oxygens (including phenoxy) is 1. The van der Waals surface area contributed by atoms with Crippen molar-refractivity contribution in [1.29, 1.82) is 0 Å². The van der Waals surface area contributed by atoms with Crippen LogP contribution in [0, 0.1) is 59.2 Å². The van der Waals surface area contributed by atoms with Crippen LogP contribution in [0.2, 0.25) is 0 Å². The molecule has 5 aliphatic rings. The molecule has 0 amide bonds. The molecule has 5 rings (SSSR count). The van der Waals surface area contributed by atoms with E-state index in [1.165, 1.54) is 44.9 Å². The van der Waals surface area contributed by atoms with Crippen molar-refractivity contribution < 1.29 is 9.53 Å². The number of carbonyl (C=O) groups is 1. The van der Waals surface area contributed by atoms with Gasteiger partial charge in [0.1, 0.15) is 5.60 Å². The molecule has 5 fully saturated rings. The highest BCUT2D eigenvalue weighted by Crippen LogP contribution is 2.65. The summed E-state index contributed by atoms with van der Waals surface area (Å²) in [5, 5.41) is 0. The van der Waals surface area contributed by atoms with E-state index in [0.29, 0.717) is 17.8 Å². The van der Waals surface area contributed by atoms with E-state index < -0.39 is 0 Å². The number of esters is 1. The first-order valence-electron chi connectivity index (χ1n) is 12.1. The van der Waals surface area contributed by atoms with E-state index in [9.17, 15) is 4.79 Å². The predicted molar refractivity (Wildman–Crippen MR) is 108 cm³/mol. The zero-order valence-corrected chi connectivity index (χ0v) is 18.0. The Morgan fingerprint density at radius 2 is 1.78 bits per heavy atom. The molecule has 0 aromatic heterocycles. The maximum atomic E-state index is 13.5. The summed E-state index contributed by atoms with van der Waals surface area (Å²) in [6.07, 6.45) is 11.6. The van der Waals surface area contributed by atoms with Crippen LogP contribution in [0.5, 0.6) is 0 Å². The number of hydrogen-bond donors (Lipinski definition) is 0. The average molecular weight is 373 g/mol. The molecule has 2 nitrogen and oxygen atoms in total. The molecule has 0 N–H and O–H groups in total. The Hall–Kier alpha value is -0.530. The van der Waals surface area contributed by atoms with Crippen LogP contribution in [0.1, 0.15) is 85.5 Å². The van der Waals surface area contributed by atoms with Crippen LogP contribution < -0.4 is 0 Å². The molecular weight excluding hydrogens is 332 g/mol. The Morgan fingerprint density at radius 3 is 2.56 bits per heavy atom. The molecule has 2 heteroatoms. The minimum Gasteiger partial charge on any atom is -0.459 e. The van der Waals surface area contributed by atoms with E-state index >= 15 is 0 Å². The number of hydrogen-bond acceptors (Lipinski definition) is 2. The zero-order valence-electron chi connectivity index (χ0n) is 18.0. The second-order valence-electron chi connectivity index (χ2n) is 11.5. The quantitative estimate of drug-likeness (QED) is 0.560. The van der Waals surface area contributed by atoms with E-state index in [0.717, 1.165) is 48.3 Å². The molecule has 0 aromatic rings. The Kier molecular flexibility index (Phi) is 4.45. The van der Waals surface area contributed by atoms with Crippen molar-refractivity contribution in [2.24, 2.45) is 59.2 Å². The molecule has 0 spiro atoms. The predicted octanol–water partition coefficient (Wildman–Crippen LogP) is 6.09. The van der Waals surface area contributed by atoms with Crippen LogP contribution >= 0.6 is 0 Å². The molecule has 0 heterocycles. The first-order chi connectivity index (χ1) is 12.9. The van der Waals surface area contributed by atoms with Crippen LogP contribution in [0.3, 0.4) is 0 Å². The Labute approximate surface area is 166 Å². The van der Waals surface area contributed by atoms with Crippen molar-refractivity contribution in [2.45, 2.75) is 91.1 Å². The highest BCUT2D eigenvalue weighted by atomic mass is 16.6. The topological polar surface area (TPSA) is 26.3 Å². The molecule has 0 aromatic carbocycles. The molecule has 5 aliphatic carbocycles. The molecule has 5 saturated carbocycles. The largest absolute Gasteiger partial charge is 0.459 e. The van der Waals surface area contributed by atoms with Gasteiger partial charge in [-0.3, -0.25) is 4.79 Å². The van der Waals surface area contributed by atoms with Crippen molar-refractivity contribution in [1.82, 2.24) is 0 Å². The molecule has 152 valence electrons. The van der Waals surface area contributed by atoms with E-state index in [1.807, 2.05) is 0 Å². The maximum absolute atomic E-state index is 13.5. The maximum Gasteiger partial charge on any atom is 0.309 e. The molecule has 0 radical (unpaired) electrons. The summed E-state index contributed by atoms with van der Waals surface area (Å²) < 4.78 is 6.58. The van der Waals surface area contributed by atoms with Crippen molar-refractivity contribution in [3.05, 3.63) is 0 Å². The van der Waals surface area contributed by atoms with E-state index in [1.54, 1.807) is 0 Å². The van der Waals surface area contributed by atoms with Gasteiger partial charge in [0.2, 0.25) is 0 Å². The molecule has 27 heavy (non-hydrogen) atoms. The van der Waals surface area contributed by atoms with Crippen LogP contribution in [0.4, 0.5) is 0 Å². The lowest BCUT2D eigenvalue weighted by atomic mass is 9.59. The summed E-state index contributed by atoms with van der Waals surface area (Å²) in [6.45, 7) is 9.52. The van der Waals surface area contributed by atoms with E-state index in [-0.39, 0.29) is 17.5 Å². The molecule has 11 unspecified atom stereocenters. The summed E-state index contributed by atoms with van der Waals surface area (Å²) >= 11 is 0. The number of carbonyl (C=O) groups excluding carboxylic acids is 1. The minimum absolute atomic E-state index is 0.192. The number of fused-ring (bicyclic) bond motifs is 7. The van der Waals surface area contributed by atoms with Crippen LogP contribution in [-0.2, 0) is 9.53 Å². The fourth-order valence-electron chi connectivity index (χ4n) is 9.29. The minimum atomic E-state index is -0.196. The van der Waals surface area contributed by atoms with Gasteiger partial charge in [0.25, 0.3) is 0 Å². The summed E-state index contributed by atoms with van der Waals surface area (Å²) in [5.74, 6) is 7.29. The summed E-state index contributed by atoms with van der Waals surface area (Å²) in [6, 6.07) is 0. The van der Waals surface area contributed by atoms with Crippen LogP contribution in [0.15, 0.2) is 0 Å². The van der Waals surface area contributed by atoms with Gasteiger partial charge in [-0.2, -0.15) is 0 Å². The molecule has 4 bridgehead atoms. The van der Waals surface area contributed by atoms with Gasteiger partial charge in [-0.05, 0) is 105 Å². The van der Waals surface area contributed by atoms with Gasteiger partial charge in [-0.15, -0.1) is 0 Å². The SMILES string of the molecule is CCC1CC2CCCC(C2)C1(C)OC(=O)C1CC2CC1C1C(C)CC(C)C21. The lowest BCUT2D eigenvalue weighted by molar-refractivity contribution is -0.192. The van der Waals surface area contributed by atoms with Gasteiger partial charge in [0.15, 0.2) is 0 Å². The third kappa shape index (κ3) is 2.67. The molecule has 11 atom stereocenters. The summed E-state index contributed by atoms with van der Waals surface area (Å²) in [7, 11) is 0. The standard InChI is InChI=1S/C25H40O2/c1-5-18-10-16-7-6-8-19(11-16)25(18,4)27-24(26)21-13-17-12-20(21)23-15(3)9-14(2)22(17)23/h14-23H,5-13H2,1-4H3. The lowest BCUT2D eigenvalue weighted by Crippen LogP contribution is -2.53. The zero-order chi connectivity index (χ0) is 18.9. The highest BCUT2D eigenvalue weighted by Gasteiger charge is 2.61. The smallest absolute Gasteiger partial charge is 0.309 e. The first kappa shape index (κ1) is 18.5. The Bertz CT molecular complexity index is 595. The third-order valence-corrected chi connectivity index (χ3v) is 10.3. The lowest BCUT2D eigenvalue weighted by Gasteiger charge is -2.52. The van der Waals surface area contributed by atoms with Gasteiger partial charge in [0, 0.05) is 0 Å². The van der Waals surface area contributed by atoms with Gasteiger partial charge in [-0.1, -0.05) is 33.6 Å². The van der Waals surface area contributed by atoms with Crippen molar-refractivity contribution >= 4 is 5.97 Å². The molecular formula is C25H40O2. The van der Waals surface area contributed by atoms with Crippen molar-refractivity contribution in [2.75, 3.05) is 0 Å². The third-order valence-electron chi connectivity index (χ3n) is 10.3. The molecule has 0 saturated heterocycles. The van der Waals surface area contributed by atoms with Crippen LogP contribution in [-0.4, -0.2) is 11.6 Å². The van der Waals surface area contributed by atoms with Crippen molar-refractivity contribution in [3.8, 4) is 0 Å². The average Bonchev–Trinajstić information content (AvgIpc) is 3.31. The monoisotopic (exact) mass is 372 g/mol. The van der Waals surface area contributed by atoms with Gasteiger partial charge < -0.3 is 4.74 Å². The second-order valence-corrected chi connectivity index (χ2v) is 11.5. The fourth-order valence-corrected chi connectivity index (χ4v) is 9.29. The van der Waals surface area contributed by atoms with Gasteiger partial charge >= 0.3 is 5.97 Å². The first-order valence-corrected chi connectivity index (χ1v) is 12.1. The van der Waals surface area contributed by atoms with Gasteiger partial charge in [0.05, 0.1) is 5.92 Å². The van der Waals surface area contributed by atoms with Gasteiger partial charge in [-0.25, -0.2) is 0 Å². The van der Waals surface area contributed by atoms with Crippen LogP contribution in [0.25, 0.3) is 0 Å². The summed E-state index contributed by atoms with van der Waals surface area (Å²) in [5.41, 5.74) is -0.196. The normalized spacial score (nSPS) is 56.1.